The Kier molecular flexibility index (Phi) is 3.19. The van der Waals surface area contributed by atoms with Crippen molar-refractivity contribution in [3.05, 3.63) is 23.8 Å². The minimum Gasteiger partial charge on any atom is -0.377 e. The van der Waals surface area contributed by atoms with Gasteiger partial charge in [-0.2, -0.15) is 13.2 Å². The summed E-state index contributed by atoms with van der Waals surface area (Å²) in [6.07, 6.45) is -4.30. The molecular formula is C14H19F3N2. The third-order valence-electron chi connectivity index (χ3n) is 3.30. The third-order valence-corrected chi connectivity index (χ3v) is 3.30. The van der Waals surface area contributed by atoms with Crippen LogP contribution in [0.3, 0.4) is 0 Å². The van der Waals surface area contributed by atoms with Crippen molar-refractivity contribution in [1.29, 1.82) is 0 Å². The van der Waals surface area contributed by atoms with Crippen molar-refractivity contribution >= 4 is 11.4 Å². The van der Waals surface area contributed by atoms with Crippen molar-refractivity contribution < 1.29 is 13.2 Å². The van der Waals surface area contributed by atoms with Crippen molar-refractivity contribution in [3.8, 4) is 0 Å². The molecule has 0 fully saturated rings. The lowest BCUT2D eigenvalue weighted by molar-refractivity contribution is -0.137. The standard InChI is InChI=1S/C14H19F3N2/c1-9(2)19-8-13(3,4)18-11-7-10(14(15,16)17)5-6-12(11)19/h5-7,9,18H,8H2,1-4H3. The van der Waals surface area contributed by atoms with Gasteiger partial charge in [0.05, 0.1) is 16.9 Å². The number of nitrogens with one attached hydrogen (secondary N) is 1. The first-order valence-corrected chi connectivity index (χ1v) is 6.36. The first kappa shape index (κ1) is 14.0. The molecule has 0 amide bonds. The topological polar surface area (TPSA) is 15.3 Å². The first-order chi connectivity index (χ1) is 8.60. The van der Waals surface area contributed by atoms with Crippen molar-refractivity contribution in [1.82, 2.24) is 0 Å². The van der Waals surface area contributed by atoms with E-state index in [0.29, 0.717) is 5.69 Å². The predicted molar refractivity (Wildman–Crippen MR) is 71.6 cm³/mol. The Balaban J connectivity index is 2.49. The molecule has 1 aromatic rings. The van der Waals surface area contributed by atoms with E-state index in [9.17, 15) is 13.2 Å². The molecule has 5 heteroatoms. The number of hydrogen-bond acceptors (Lipinski definition) is 2. The molecule has 0 radical (unpaired) electrons. The van der Waals surface area contributed by atoms with E-state index in [1.54, 1.807) is 6.07 Å². The fourth-order valence-electron chi connectivity index (χ4n) is 2.44. The zero-order valence-corrected chi connectivity index (χ0v) is 11.6. The molecule has 1 aromatic carbocycles. The van der Waals surface area contributed by atoms with Gasteiger partial charge in [0.15, 0.2) is 0 Å². The van der Waals surface area contributed by atoms with Gasteiger partial charge in [-0.1, -0.05) is 0 Å². The van der Waals surface area contributed by atoms with Gasteiger partial charge in [-0.15, -0.1) is 0 Å². The van der Waals surface area contributed by atoms with Gasteiger partial charge >= 0.3 is 6.18 Å². The minimum atomic E-state index is -4.30. The average Bonchev–Trinajstić information content (AvgIpc) is 2.24. The van der Waals surface area contributed by atoms with Crippen LogP contribution in [0.5, 0.6) is 0 Å². The smallest absolute Gasteiger partial charge is 0.377 e. The molecule has 0 atom stereocenters. The second-order valence-electron chi connectivity index (χ2n) is 5.96. The summed E-state index contributed by atoms with van der Waals surface area (Å²) in [5, 5.41) is 3.19. The Morgan fingerprint density at radius 1 is 1.26 bits per heavy atom. The number of benzene rings is 1. The second kappa shape index (κ2) is 4.32. The normalized spacial score (nSPS) is 18.2. The number of fused-ring (bicyclic) bond motifs is 1. The monoisotopic (exact) mass is 272 g/mol. The van der Waals surface area contributed by atoms with E-state index in [0.717, 1.165) is 18.3 Å². The predicted octanol–water partition coefficient (Wildman–Crippen LogP) is 4.12. The van der Waals surface area contributed by atoms with Crippen LogP contribution < -0.4 is 10.2 Å². The summed E-state index contributed by atoms with van der Waals surface area (Å²) < 4.78 is 38.3. The molecule has 1 heterocycles. The molecular weight excluding hydrogens is 253 g/mol. The molecule has 1 aliphatic rings. The summed E-state index contributed by atoms with van der Waals surface area (Å²) in [6, 6.07) is 4.15. The molecule has 2 rings (SSSR count). The maximum atomic E-state index is 12.8. The molecule has 0 aromatic heterocycles. The van der Waals surface area contributed by atoms with Gasteiger partial charge in [-0.25, -0.2) is 0 Å². The van der Waals surface area contributed by atoms with Crippen LogP contribution in [0.25, 0.3) is 0 Å². The van der Waals surface area contributed by atoms with E-state index in [-0.39, 0.29) is 11.6 Å². The molecule has 0 saturated heterocycles. The zero-order valence-electron chi connectivity index (χ0n) is 11.6. The highest BCUT2D eigenvalue weighted by Gasteiger charge is 2.35. The van der Waals surface area contributed by atoms with Gasteiger partial charge in [0.1, 0.15) is 0 Å². The molecule has 2 nitrogen and oxygen atoms in total. The fraction of sp³-hybridized carbons (Fsp3) is 0.571. The number of nitrogens with zero attached hydrogens (tertiary/aromatic N) is 1. The Morgan fingerprint density at radius 3 is 2.42 bits per heavy atom. The van der Waals surface area contributed by atoms with Gasteiger partial charge in [0.2, 0.25) is 0 Å². The molecule has 19 heavy (non-hydrogen) atoms. The maximum absolute atomic E-state index is 12.8. The third kappa shape index (κ3) is 2.80. The van der Waals surface area contributed by atoms with Crippen LogP contribution in [0.1, 0.15) is 33.3 Å². The van der Waals surface area contributed by atoms with Gasteiger partial charge < -0.3 is 10.2 Å². The van der Waals surface area contributed by atoms with Crippen molar-refractivity contribution in [2.75, 3.05) is 16.8 Å². The van der Waals surface area contributed by atoms with Crippen molar-refractivity contribution in [3.63, 3.8) is 0 Å². The fourth-order valence-corrected chi connectivity index (χ4v) is 2.44. The highest BCUT2D eigenvalue weighted by molar-refractivity contribution is 5.74. The number of hydrogen-bond donors (Lipinski definition) is 1. The molecule has 0 spiro atoms. The van der Waals surface area contributed by atoms with E-state index >= 15 is 0 Å². The second-order valence-corrected chi connectivity index (χ2v) is 5.96. The van der Waals surface area contributed by atoms with Crippen LogP contribution in [0, 0.1) is 0 Å². The molecule has 1 aliphatic heterocycles. The van der Waals surface area contributed by atoms with E-state index in [1.807, 2.05) is 27.7 Å². The Labute approximate surface area is 111 Å². The largest absolute Gasteiger partial charge is 0.416 e. The van der Waals surface area contributed by atoms with Crippen molar-refractivity contribution in [2.24, 2.45) is 0 Å². The lowest BCUT2D eigenvalue weighted by Crippen LogP contribution is -2.50. The first-order valence-electron chi connectivity index (χ1n) is 6.36. The van der Waals surface area contributed by atoms with Crippen LogP contribution in [0.2, 0.25) is 0 Å². The van der Waals surface area contributed by atoms with Crippen LogP contribution in [-0.2, 0) is 6.18 Å². The van der Waals surface area contributed by atoms with Crippen LogP contribution >= 0.6 is 0 Å². The number of anilines is 2. The highest BCUT2D eigenvalue weighted by Crippen LogP contribution is 2.40. The number of halogens is 3. The molecule has 0 aliphatic carbocycles. The van der Waals surface area contributed by atoms with E-state index in [2.05, 4.69) is 10.2 Å². The maximum Gasteiger partial charge on any atom is 0.416 e. The van der Waals surface area contributed by atoms with Gasteiger partial charge in [0.25, 0.3) is 0 Å². The average molecular weight is 272 g/mol. The van der Waals surface area contributed by atoms with Gasteiger partial charge in [-0.3, -0.25) is 0 Å². The van der Waals surface area contributed by atoms with Crippen LogP contribution in [0.4, 0.5) is 24.5 Å². The van der Waals surface area contributed by atoms with Crippen LogP contribution in [0.15, 0.2) is 18.2 Å². The summed E-state index contributed by atoms with van der Waals surface area (Å²) in [7, 11) is 0. The molecule has 106 valence electrons. The summed E-state index contributed by atoms with van der Waals surface area (Å²) in [5.41, 5.74) is 0.531. The summed E-state index contributed by atoms with van der Waals surface area (Å²) in [6.45, 7) is 8.84. The molecule has 0 bridgehead atoms. The van der Waals surface area contributed by atoms with E-state index < -0.39 is 11.7 Å². The highest BCUT2D eigenvalue weighted by atomic mass is 19.4. The lowest BCUT2D eigenvalue weighted by atomic mass is 9.97. The zero-order chi connectivity index (χ0) is 14.4. The Bertz CT molecular complexity index is 478. The minimum absolute atomic E-state index is 0.247. The van der Waals surface area contributed by atoms with Gasteiger partial charge in [0, 0.05) is 18.1 Å². The van der Waals surface area contributed by atoms with E-state index in [1.165, 1.54) is 6.07 Å². The molecule has 1 N–H and O–H groups in total. The number of alkyl halides is 3. The SMILES string of the molecule is CC(C)N1CC(C)(C)Nc2cc(C(F)(F)F)ccc21. The Hall–Kier alpha value is -1.39. The number of rotatable bonds is 1. The van der Waals surface area contributed by atoms with Crippen LogP contribution in [-0.4, -0.2) is 18.1 Å². The summed E-state index contributed by atoms with van der Waals surface area (Å²) in [5.74, 6) is 0. The molecule has 0 saturated carbocycles. The molecule has 0 unspecified atom stereocenters. The quantitative estimate of drug-likeness (QED) is 0.827. The van der Waals surface area contributed by atoms with Crippen molar-refractivity contribution in [2.45, 2.75) is 45.5 Å². The summed E-state index contributed by atoms with van der Waals surface area (Å²) >= 11 is 0. The van der Waals surface area contributed by atoms with Gasteiger partial charge in [-0.05, 0) is 45.9 Å². The van der Waals surface area contributed by atoms with E-state index in [4.69, 9.17) is 0 Å². The Morgan fingerprint density at radius 2 is 1.89 bits per heavy atom. The summed E-state index contributed by atoms with van der Waals surface area (Å²) in [4.78, 5) is 2.13. The lowest BCUT2D eigenvalue weighted by Gasteiger charge is -2.44.